The van der Waals surface area contributed by atoms with Crippen molar-refractivity contribution >= 4 is 14.1 Å². The van der Waals surface area contributed by atoms with E-state index in [9.17, 15) is 0 Å². The molecule has 2 aliphatic carbocycles. The molecule has 0 nitrogen and oxygen atoms in total. The van der Waals surface area contributed by atoms with Crippen LogP contribution in [0.5, 0.6) is 0 Å². The van der Waals surface area contributed by atoms with E-state index < -0.39 is 31.3 Å². The first-order valence-electron chi connectivity index (χ1n) is 9.26. The summed E-state index contributed by atoms with van der Waals surface area (Å²) >= 11 is -0.555. The molecule has 0 aromatic heterocycles. The normalized spacial score (nSPS) is 21.9. The molecule has 0 radical (unpaired) electrons. The van der Waals surface area contributed by atoms with Gasteiger partial charge in [-0.15, -0.1) is 0 Å². The summed E-state index contributed by atoms with van der Waals surface area (Å²) in [6, 6.07) is 14.1. The zero-order valence-corrected chi connectivity index (χ0v) is 19.9. The Morgan fingerprint density at radius 3 is 2.60 bits per heavy atom. The van der Waals surface area contributed by atoms with Crippen molar-refractivity contribution in [1.29, 1.82) is 0 Å². The van der Waals surface area contributed by atoms with Crippen molar-refractivity contribution in [1.82, 2.24) is 0 Å². The van der Waals surface area contributed by atoms with E-state index in [1.165, 1.54) is 25.7 Å². The Morgan fingerprint density at radius 2 is 1.96 bits per heavy atom. The quantitative estimate of drug-likeness (QED) is 0.526. The SMILES string of the molecule is CCCC[Si]1(C2[C]([Zr+2][C]3=CC=CC3)=Cc3ccccc32)CCC1.[Cl-].[Cl-]. The van der Waals surface area contributed by atoms with Crippen LogP contribution in [0.4, 0.5) is 0 Å². The van der Waals surface area contributed by atoms with E-state index in [2.05, 4.69) is 55.5 Å². The van der Waals surface area contributed by atoms with Gasteiger partial charge in [0, 0.05) is 0 Å². The minimum atomic E-state index is -1.09. The molecule has 4 rings (SSSR count). The van der Waals surface area contributed by atoms with E-state index in [-0.39, 0.29) is 24.8 Å². The van der Waals surface area contributed by atoms with Gasteiger partial charge in [0.25, 0.3) is 0 Å². The molecule has 1 aliphatic heterocycles. The van der Waals surface area contributed by atoms with E-state index >= 15 is 0 Å². The smallest absolute Gasteiger partial charge is 1.00 e. The summed E-state index contributed by atoms with van der Waals surface area (Å²) in [7, 11) is -1.09. The summed E-state index contributed by atoms with van der Waals surface area (Å²) in [5, 5.41) is 0. The van der Waals surface area contributed by atoms with Gasteiger partial charge in [-0.25, -0.2) is 0 Å². The Labute approximate surface area is 177 Å². The largest absolute Gasteiger partial charge is 1.00 e. The molecule has 1 aromatic rings. The van der Waals surface area contributed by atoms with E-state index in [4.69, 9.17) is 0 Å². The van der Waals surface area contributed by atoms with Crippen molar-refractivity contribution in [3.63, 3.8) is 0 Å². The topological polar surface area (TPSA) is 0 Å². The number of fused-ring (bicyclic) bond motifs is 1. The molecular weight excluding hydrogens is 442 g/mol. The number of halogens is 2. The van der Waals surface area contributed by atoms with Crippen LogP contribution in [0.3, 0.4) is 0 Å². The average Bonchev–Trinajstić information content (AvgIpc) is 3.15. The van der Waals surface area contributed by atoms with Crippen molar-refractivity contribution in [2.24, 2.45) is 0 Å². The third kappa shape index (κ3) is 4.18. The van der Waals surface area contributed by atoms with Gasteiger partial charge >= 0.3 is 154 Å². The van der Waals surface area contributed by atoms with E-state index in [0.717, 1.165) is 5.54 Å². The molecule has 4 heteroatoms. The van der Waals surface area contributed by atoms with Gasteiger partial charge < -0.3 is 24.8 Å². The fraction of sp³-hybridized carbons (Fsp3) is 0.429. The molecule has 1 heterocycles. The molecule has 1 aromatic carbocycles. The Kier molecular flexibility index (Phi) is 8.02. The summed E-state index contributed by atoms with van der Waals surface area (Å²) in [6.07, 6.45) is 15.3. The third-order valence-electron chi connectivity index (χ3n) is 6.00. The minimum Gasteiger partial charge on any atom is -1.00 e. The molecule has 132 valence electrons. The molecule has 1 unspecified atom stereocenters. The number of hydrogen-bond donors (Lipinski definition) is 0. The number of unbranched alkanes of at least 4 members (excludes halogenated alkanes) is 1. The minimum absolute atomic E-state index is 0. The maximum Gasteiger partial charge on any atom is -1.00 e. The molecule has 0 amide bonds. The fourth-order valence-electron chi connectivity index (χ4n) is 4.66. The molecular formula is C21H26Cl2SiZr. The Morgan fingerprint density at radius 1 is 1.16 bits per heavy atom. The van der Waals surface area contributed by atoms with Crippen molar-refractivity contribution in [3.8, 4) is 0 Å². The zero-order valence-electron chi connectivity index (χ0n) is 14.9. The number of allylic oxidation sites excluding steroid dienone is 5. The van der Waals surface area contributed by atoms with Crippen LogP contribution in [0.15, 0.2) is 49.1 Å². The predicted molar refractivity (Wildman–Crippen MR) is 98.7 cm³/mol. The van der Waals surface area contributed by atoms with Gasteiger partial charge in [-0.3, -0.25) is 0 Å². The van der Waals surface area contributed by atoms with Crippen LogP contribution in [0.2, 0.25) is 18.1 Å². The van der Waals surface area contributed by atoms with Crippen LogP contribution < -0.4 is 24.8 Å². The first kappa shape index (κ1) is 21.4. The molecule has 3 aliphatic rings. The monoisotopic (exact) mass is 466 g/mol. The van der Waals surface area contributed by atoms with Gasteiger partial charge in [0.05, 0.1) is 0 Å². The van der Waals surface area contributed by atoms with E-state index in [0.29, 0.717) is 0 Å². The van der Waals surface area contributed by atoms with Gasteiger partial charge in [0.1, 0.15) is 0 Å². The second-order valence-corrected chi connectivity index (χ2v) is 15.8. The zero-order chi connectivity index (χ0) is 15.7. The molecule has 25 heavy (non-hydrogen) atoms. The first-order valence-corrected chi connectivity index (χ1v) is 14.4. The van der Waals surface area contributed by atoms with Crippen molar-refractivity contribution < 1.29 is 48.0 Å². The summed E-state index contributed by atoms with van der Waals surface area (Å²) in [5.41, 5.74) is 4.18. The second-order valence-electron chi connectivity index (χ2n) is 7.43. The van der Waals surface area contributed by atoms with Crippen LogP contribution in [-0.4, -0.2) is 8.07 Å². The Bertz CT molecular complexity index is 689. The van der Waals surface area contributed by atoms with Crippen LogP contribution in [0.25, 0.3) is 6.08 Å². The average molecular weight is 469 g/mol. The van der Waals surface area contributed by atoms with Gasteiger partial charge in [-0.2, -0.15) is 0 Å². The van der Waals surface area contributed by atoms with Gasteiger partial charge in [-0.05, 0) is 0 Å². The first-order chi connectivity index (χ1) is 11.3. The molecule has 0 spiro atoms. The summed E-state index contributed by atoms with van der Waals surface area (Å²) in [5.74, 6) is 0. The van der Waals surface area contributed by atoms with Gasteiger partial charge in [-0.1, -0.05) is 0 Å². The maximum atomic E-state index is 2.63. The number of benzene rings is 1. The van der Waals surface area contributed by atoms with Gasteiger partial charge in [0.2, 0.25) is 0 Å². The Hall–Kier alpha value is 0.120. The van der Waals surface area contributed by atoms with Crippen LogP contribution in [0, 0.1) is 0 Å². The molecule has 0 bridgehead atoms. The summed E-state index contributed by atoms with van der Waals surface area (Å²) in [6.45, 7) is 2.37. The van der Waals surface area contributed by atoms with E-state index in [1.807, 2.05) is 3.28 Å². The maximum absolute atomic E-state index is 2.63. The summed E-state index contributed by atoms with van der Waals surface area (Å²) < 4.78 is 3.71. The second kappa shape index (κ2) is 9.36. The number of rotatable bonds is 6. The summed E-state index contributed by atoms with van der Waals surface area (Å²) in [4.78, 5) is 0. The standard InChI is InChI=1S/C16H21Si.C5H5.2ClH.Zr/c1-2-3-11-17(12-6-13-17)16-10-9-14-7-4-5-8-15(14)16;1-2-4-5-3-1;;;/h4-5,7-9,16H,2-3,6,11-13H2,1H3;1-3H,4H2;2*1H;/q;;;;+2/p-2. The van der Waals surface area contributed by atoms with Crippen molar-refractivity contribution in [2.45, 2.75) is 56.3 Å². The third-order valence-corrected chi connectivity index (χ3v) is 16.1. The Balaban J connectivity index is 0.00000113. The molecule has 1 atom stereocenters. The predicted octanol–water partition coefficient (Wildman–Crippen LogP) is 0.251. The molecule has 0 saturated carbocycles. The number of hydrogen-bond acceptors (Lipinski definition) is 0. The van der Waals surface area contributed by atoms with Crippen molar-refractivity contribution in [2.75, 3.05) is 0 Å². The van der Waals surface area contributed by atoms with Crippen LogP contribution in [0.1, 0.15) is 49.3 Å². The van der Waals surface area contributed by atoms with Crippen LogP contribution in [-0.2, 0) is 23.2 Å². The van der Waals surface area contributed by atoms with Crippen LogP contribution >= 0.6 is 0 Å². The van der Waals surface area contributed by atoms with Gasteiger partial charge in [0.15, 0.2) is 0 Å². The molecule has 1 fully saturated rings. The fourth-order valence-corrected chi connectivity index (χ4v) is 15.9. The molecule has 1 saturated heterocycles. The van der Waals surface area contributed by atoms with E-state index in [1.54, 1.807) is 32.5 Å². The van der Waals surface area contributed by atoms with Crippen molar-refractivity contribution in [3.05, 3.63) is 60.2 Å². The molecule has 0 N–H and O–H groups in total.